The van der Waals surface area contributed by atoms with Crippen LogP contribution in [0.25, 0.3) is 0 Å². The molecule has 1 amide bonds. The molecule has 352 valence electrons. The molecule has 3 fully saturated rings. The highest BCUT2D eigenvalue weighted by Crippen LogP contribution is 2.64. The Labute approximate surface area is 384 Å². The van der Waals surface area contributed by atoms with Crippen molar-refractivity contribution in [3.05, 3.63) is 119 Å². The number of aliphatic hydroxyl groups is 2. The van der Waals surface area contributed by atoms with E-state index in [1.165, 1.54) is 26.0 Å². The first-order chi connectivity index (χ1) is 31.0. The normalized spacial score (nSPS) is 30.9. The number of Topliss-reactive ketones (excluding diaryl/α,β-unsaturated/α-hetero) is 1. The van der Waals surface area contributed by atoms with Gasteiger partial charge in [-0.2, -0.15) is 0 Å². The maximum absolute atomic E-state index is 15.7. The predicted molar refractivity (Wildman–Crippen MR) is 236 cm³/mol. The van der Waals surface area contributed by atoms with Crippen molar-refractivity contribution in [1.29, 1.82) is 0 Å². The minimum absolute atomic E-state index is 0.0423. The molecule has 0 unspecified atom stereocenters. The summed E-state index contributed by atoms with van der Waals surface area (Å²) in [7, 11) is 0. The molecule has 4 aliphatic rings. The van der Waals surface area contributed by atoms with Crippen molar-refractivity contribution in [3.63, 3.8) is 0 Å². The molecular formula is C51H59NO14. The van der Waals surface area contributed by atoms with E-state index >= 15 is 9.59 Å². The molecule has 15 heteroatoms. The van der Waals surface area contributed by atoms with Crippen LogP contribution in [0.1, 0.15) is 107 Å². The van der Waals surface area contributed by atoms with Crippen molar-refractivity contribution in [2.24, 2.45) is 16.7 Å². The third kappa shape index (κ3) is 8.46. The molecule has 0 aromatic heterocycles. The molecule has 3 aromatic carbocycles. The molecule has 1 heterocycles. The Morgan fingerprint density at radius 1 is 0.818 bits per heavy atom. The van der Waals surface area contributed by atoms with Crippen LogP contribution >= 0.6 is 0 Å². The third-order valence-corrected chi connectivity index (χ3v) is 13.9. The summed E-state index contributed by atoms with van der Waals surface area (Å²) in [6.07, 6.45) is -9.82. The zero-order valence-electron chi connectivity index (χ0n) is 38.7. The minimum atomic E-state index is -2.37. The number of benzene rings is 3. The first-order valence-electron chi connectivity index (χ1n) is 22.2. The van der Waals surface area contributed by atoms with Crippen molar-refractivity contribution in [2.75, 3.05) is 6.61 Å². The van der Waals surface area contributed by atoms with Gasteiger partial charge >= 0.3 is 23.9 Å². The lowest BCUT2D eigenvalue weighted by molar-refractivity contribution is -0.346. The fourth-order valence-electron chi connectivity index (χ4n) is 10.7. The highest BCUT2D eigenvalue weighted by atomic mass is 16.6. The fraction of sp³-hybridized carbons (Fsp3) is 0.490. The highest BCUT2D eigenvalue weighted by molar-refractivity contribution is 5.96. The molecule has 3 aliphatic carbocycles. The molecular weight excluding hydrogens is 851 g/mol. The quantitative estimate of drug-likeness (QED) is 0.122. The van der Waals surface area contributed by atoms with E-state index in [9.17, 15) is 29.4 Å². The van der Waals surface area contributed by atoms with Gasteiger partial charge in [-0.1, -0.05) is 80.6 Å². The molecule has 2 bridgehead atoms. The van der Waals surface area contributed by atoms with Crippen molar-refractivity contribution < 1.29 is 67.4 Å². The molecule has 1 aliphatic heterocycles. The number of nitrogens with one attached hydrogen (secondary N) is 1. The SMILES string of the molecule is CC(=O)O[C@H]1C(=O)[C@]2(C)[C@@H](O)C[C@H]3OC[C@]3(OC(C)=O)[C@@H]2[C@@H](OC(=O)c2ccccc2)[C@]2(O)C[C@H](OC(=O)[C@@H](OC(C)(C)C)[C@H](NC(=O)c3ccccc3)c3ccccc3)C(C)=C1C2(C)C. The number of hydrogen-bond donors (Lipinski definition) is 3. The third-order valence-electron chi connectivity index (χ3n) is 13.9. The van der Waals surface area contributed by atoms with E-state index in [4.69, 9.17) is 28.4 Å². The van der Waals surface area contributed by atoms with Gasteiger partial charge in [-0.3, -0.25) is 19.2 Å². The van der Waals surface area contributed by atoms with E-state index in [-0.39, 0.29) is 29.7 Å². The Kier molecular flexibility index (Phi) is 13.0. The van der Waals surface area contributed by atoms with E-state index in [0.717, 1.165) is 6.92 Å². The number of carbonyl (C=O) groups excluding carboxylic acids is 6. The summed E-state index contributed by atoms with van der Waals surface area (Å²) in [5, 5.41) is 29.0. The van der Waals surface area contributed by atoms with E-state index < -0.39 is 118 Å². The van der Waals surface area contributed by atoms with Crippen LogP contribution in [0, 0.1) is 16.7 Å². The first-order valence-corrected chi connectivity index (χ1v) is 22.2. The van der Waals surface area contributed by atoms with Gasteiger partial charge in [0.25, 0.3) is 5.91 Å². The number of ether oxygens (including phenoxy) is 6. The molecule has 66 heavy (non-hydrogen) atoms. The van der Waals surface area contributed by atoms with E-state index in [1.54, 1.807) is 120 Å². The summed E-state index contributed by atoms with van der Waals surface area (Å²) < 4.78 is 37.4. The number of esters is 4. The number of rotatable bonds is 11. The summed E-state index contributed by atoms with van der Waals surface area (Å²) in [4.78, 5) is 85.3. The number of ketones is 1. The Morgan fingerprint density at radius 2 is 1.39 bits per heavy atom. The van der Waals surface area contributed by atoms with Gasteiger partial charge in [0.05, 0.1) is 41.3 Å². The number of aliphatic hydroxyl groups excluding tert-OH is 1. The highest BCUT2D eigenvalue weighted by Gasteiger charge is 2.78. The lowest BCUT2D eigenvalue weighted by atomic mass is 9.44. The number of hydrogen-bond acceptors (Lipinski definition) is 14. The van der Waals surface area contributed by atoms with Crippen LogP contribution in [0.4, 0.5) is 0 Å². The molecule has 2 saturated carbocycles. The predicted octanol–water partition coefficient (Wildman–Crippen LogP) is 5.56. The van der Waals surface area contributed by atoms with Crippen molar-refractivity contribution >= 4 is 35.6 Å². The van der Waals surface area contributed by atoms with Gasteiger partial charge in [0.1, 0.15) is 23.9 Å². The number of carbonyl (C=O) groups is 6. The van der Waals surface area contributed by atoms with Crippen LogP contribution in [0.5, 0.6) is 0 Å². The van der Waals surface area contributed by atoms with Crippen LogP contribution in [-0.2, 0) is 47.6 Å². The molecule has 1 saturated heterocycles. The summed E-state index contributed by atoms with van der Waals surface area (Å²) >= 11 is 0. The van der Waals surface area contributed by atoms with Crippen molar-refractivity contribution in [3.8, 4) is 0 Å². The average molecular weight is 910 g/mol. The fourth-order valence-corrected chi connectivity index (χ4v) is 10.7. The number of amides is 1. The smallest absolute Gasteiger partial charge is 0.338 e. The molecule has 0 spiro atoms. The molecule has 3 N–H and O–H groups in total. The second-order valence-electron chi connectivity index (χ2n) is 19.6. The first kappa shape index (κ1) is 48.2. The molecule has 0 radical (unpaired) electrons. The van der Waals surface area contributed by atoms with E-state index in [2.05, 4.69) is 5.32 Å². The van der Waals surface area contributed by atoms with Crippen LogP contribution in [0.3, 0.4) is 0 Å². The lowest BCUT2D eigenvalue weighted by Crippen LogP contribution is -2.82. The number of fused-ring (bicyclic) bond motifs is 5. The Bertz CT molecular complexity index is 2400. The monoisotopic (exact) mass is 909 g/mol. The lowest BCUT2D eigenvalue weighted by Gasteiger charge is -2.67. The van der Waals surface area contributed by atoms with Crippen LogP contribution in [0.15, 0.2) is 102 Å². The maximum atomic E-state index is 15.7. The summed E-state index contributed by atoms with van der Waals surface area (Å²) in [6, 6.07) is 24.0. The maximum Gasteiger partial charge on any atom is 0.338 e. The van der Waals surface area contributed by atoms with E-state index in [1.807, 2.05) is 0 Å². The van der Waals surface area contributed by atoms with Crippen LogP contribution in [0.2, 0.25) is 0 Å². The molecule has 11 atom stereocenters. The van der Waals surface area contributed by atoms with Gasteiger partial charge in [0.2, 0.25) is 0 Å². The largest absolute Gasteiger partial charge is 0.456 e. The zero-order chi connectivity index (χ0) is 48.1. The van der Waals surface area contributed by atoms with Gasteiger partial charge in [-0.05, 0) is 75.6 Å². The van der Waals surface area contributed by atoms with E-state index in [0.29, 0.717) is 11.1 Å². The van der Waals surface area contributed by atoms with Crippen molar-refractivity contribution in [1.82, 2.24) is 5.32 Å². The van der Waals surface area contributed by atoms with Gasteiger partial charge in [-0.15, -0.1) is 0 Å². The summed E-state index contributed by atoms with van der Waals surface area (Å²) in [6.45, 7) is 13.4. The van der Waals surface area contributed by atoms with Crippen LogP contribution < -0.4 is 5.32 Å². The minimum Gasteiger partial charge on any atom is -0.456 e. The van der Waals surface area contributed by atoms with Crippen molar-refractivity contribution in [2.45, 2.75) is 135 Å². The zero-order valence-corrected chi connectivity index (χ0v) is 38.7. The molecule has 7 rings (SSSR count). The molecule has 3 aromatic rings. The van der Waals surface area contributed by atoms with Crippen LogP contribution in [-0.4, -0.2) is 106 Å². The summed E-state index contributed by atoms with van der Waals surface area (Å²) in [5.74, 6) is -6.39. The van der Waals surface area contributed by atoms with Gasteiger partial charge < -0.3 is 44.0 Å². The Hall–Kier alpha value is -5.74. The molecule has 15 nitrogen and oxygen atoms in total. The second kappa shape index (κ2) is 17.8. The topological polar surface area (TPSA) is 210 Å². The van der Waals surface area contributed by atoms with Gasteiger partial charge in [0.15, 0.2) is 23.6 Å². The van der Waals surface area contributed by atoms with Gasteiger partial charge in [-0.25, -0.2) is 9.59 Å². The van der Waals surface area contributed by atoms with Gasteiger partial charge in [0, 0.05) is 37.7 Å². The summed E-state index contributed by atoms with van der Waals surface area (Å²) in [5.41, 5.74) is -7.63. The Morgan fingerprint density at radius 3 is 1.92 bits per heavy atom. The average Bonchev–Trinajstić information content (AvgIpc) is 3.26. The second-order valence-corrected chi connectivity index (χ2v) is 19.6. The standard InChI is InChI=1S/C51H59NO14/c1-28-34(63-46(59)40(66-47(4,5)6)38(31-19-13-10-14-20-31)52-44(57)32-21-15-11-16-22-32)26-51(60)43(64-45(58)33-23-17-12-18-24-33)41-49(9,35(55)25-36-50(41,27-61-36)65-30(3)54)42(56)39(62-29(2)53)37(28)48(51,7)8/h10-24,34-36,38-41,43,55,60H,25-27H2,1-9H3,(H,52,57)/t34-,35-,36+,38+,39+,40-,41+,43+,49+,50+,51+/m0/s1. The Balaban J connectivity index is 1.43.